The minimum absolute atomic E-state index is 0.00757. The lowest BCUT2D eigenvalue weighted by Gasteiger charge is -2.32. The first-order chi connectivity index (χ1) is 12.1. The van der Waals surface area contributed by atoms with Crippen LogP contribution in [0.1, 0.15) is 43.0 Å². The molecular weight excluding hydrogens is 318 g/mol. The lowest BCUT2D eigenvalue weighted by molar-refractivity contribution is -0.126. The van der Waals surface area contributed by atoms with Crippen LogP contribution in [-0.2, 0) is 4.79 Å². The quantitative estimate of drug-likeness (QED) is 0.884. The van der Waals surface area contributed by atoms with Crippen LogP contribution in [0.25, 0.3) is 0 Å². The van der Waals surface area contributed by atoms with E-state index in [9.17, 15) is 9.59 Å². The number of nitrogens with zero attached hydrogens (tertiary/aromatic N) is 2. The van der Waals surface area contributed by atoms with E-state index in [1.807, 2.05) is 4.90 Å². The molecule has 0 unspecified atom stereocenters. The molecule has 1 aromatic heterocycles. The van der Waals surface area contributed by atoms with Gasteiger partial charge in [0.2, 0.25) is 5.91 Å². The molecular formula is C19H29N3O3. The first-order valence-corrected chi connectivity index (χ1v) is 9.45. The van der Waals surface area contributed by atoms with Gasteiger partial charge in [0.25, 0.3) is 5.91 Å². The van der Waals surface area contributed by atoms with Gasteiger partial charge in [-0.3, -0.25) is 9.59 Å². The van der Waals surface area contributed by atoms with Crippen molar-refractivity contribution in [1.82, 2.24) is 15.1 Å². The number of piperidine rings is 2. The topological polar surface area (TPSA) is 65.8 Å². The van der Waals surface area contributed by atoms with Crippen LogP contribution < -0.4 is 5.32 Å². The molecule has 2 fully saturated rings. The van der Waals surface area contributed by atoms with Crippen molar-refractivity contribution in [2.75, 3.05) is 39.3 Å². The highest BCUT2D eigenvalue weighted by molar-refractivity contribution is 5.94. The molecule has 2 saturated heterocycles. The molecule has 1 atom stereocenters. The summed E-state index contributed by atoms with van der Waals surface area (Å²) >= 11 is 0. The Balaban J connectivity index is 1.36. The summed E-state index contributed by atoms with van der Waals surface area (Å²) in [5, 5.41) is 3.09. The van der Waals surface area contributed by atoms with Gasteiger partial charge < -0.3 is 19.5 Å². The number of rotatable bonds is 5. The van der Waals surface area contributed by atoms with Gasteiger partial charge in [-0.2, -0.15) is 0 Å². The molecule has 25 heavy (non-hydrogen) atoms. The van der Waals surface area contributed by atoms with E-state index in [2.05, 4.69) is 17.1 Å². The zero-order valence-corrected chi connectivity index (χ0v) is 15.1. The van der Waals surface area contributed by atoms with Gasteiger partial charge in [-0.1, -0.05) is 6.92 Å². The van der Waals surface area contributed by atoms with Crippen LogP contribution in [0.3, 0.4) is 0 Å². The lowest BCUT2D eigenvalue weighted by Crippen LogP contribution is -2.45. The van der Waals surface area contributed by atoms with Crippen molar-refractivity contribution in [3.8, 4) is 0 Å². The summed E-state index contributed by atoms with van der Waals surface area (Å²) in [5.41, 5.74) is 0.582. The molecule has 2 amide bonds. The van der Waals surface area contributed by atoms with E-state index in [0.717, 1.165) is 44.9 Å². The van der Waals surface area contributed by atoms with Crippen molar-refractivity contribution >= 4 is 11.8 Å². The van der Waals surface area contributed by atoms with Crippen LogP contribution in [0, 0.1) is 11.8 Å². The van der Waals surface area contributed by atoms with Gasteiger partial charge >= 0.3 is 0 Å². The Hall–Kier alpha value is -1.82. The maximum absolute atomic E-state index is 12.4. The van der Waals surface area contributed by atoms with Crippen LogP contribution in [0.15, 0.2) is 23.0 Å². The first kappa shape index (κ1) is 18.0. The molecule has 1 N–H and O–H groups in total. The predicted molar refractivity (Wildman–Crippen MR) is 95.2 cm³/mol. The van der Waals surface area contributed by atoms with Gasteiger partial charge in [0, 0.05) is 38.6 Å². The van der Waals surface area contributed by atoms with Crippen molar-refractivity contribution in [2.45, 2.75) is 32.6 Å². The van der Waals surface area contributed by atoms with Gasteiger partial charge in [-0.05, 0) is 44.2 Å². The van der Waals surface area contributed by atoms with Crippen LogP contribution >= 0.6 is 0 Å². The van der Waals surface area contributed by atoms with Crippen molar-refractivity contribution in [3.63, 3.8) is 0 Å². The summed E-state index contributed by atoms with van der Waals surface area (Å²) in [5.74, 6) is 0.919. The average molecular weight is 347 g/mol. The molecule has 2 aliphatic heterocycles. The maximum Gasteiger partial charge on any atom is 0.257 e. The normalized spacial score (nSPS) is 22.8. The van der Waals surface area contributed by atoms with E-state index < -0.39 is 0 Å². The van der Waals surface area contributed by atoms with E-state index in [4.69, 9.17) is 4.42 Å². The lowest BCUT2D eigenvalue weighted by atomic mass is 9.95. The third-order valence-electron chi connectivity index (χ3n) is 5.39. The maximum atomic E-state index is 12.4. The Morgan fingerprint density at radius 1 is 1.24 bits per heavy atom. The SMILES string of the molecule is C[C@H]1CCCN(CCNC(=O)C2CCN(C(=O)c3ccoc3)CC2)C1. The molecule has 0 bridgehead atoms. The molecule has 3 heterocycles. The summed E-state index contributed by atoms with van der Waals surface area (Å²) in [6.45, 7) is 7.51. The Morgan fingerprint density at radius 2 is 2.04 bits per heavy atom. The van der Waals surface area contributed by atoms with Crippen LogP contribution in [0.5, 0.6) is 0 Å². The molecule has 0 aromatic carbocycles. The van der Waals surface area contributed by atoms with E-state index in [-0.39, 0.29) is 17.7 Å². The summed E-state index contributed by atoms with van der Waals surface area (Å²) in [6, 6.07) is 1.68. The zero-order valence-electron chi connectivity index (χ0n) is 15.1. The third kappa shape index (κ3) is 4.84. The number of hydrogen-bond donors (Lipinski definition) is 1. The second kappa shape index (κ2) is 8.52. The second-order valence-corrected chi connectivity index (χ2v) is 7.42. The summed E-state index contributed by atoms with van der Waals surface area (Å²) in [7, 11) is 0. The fraction of sp³-hybridized carbons (Fsp3) is 0.684. The fourth-order valence-corrected chi connectivity index (χ4v) is 3.88. The second-order valence-electron chi connectivity index (χ2n) is 7.42. The molecule has 3 rings (SSSR count). The van der Waals surface area contributed by atoms with Gasteiger partial charge in [0.15, 0.2) is 0 Å². The highest BCUT2D eigenvalue weighted by atomic mass is 16.3. The summed E-state index contributed by atoms with van der Waals surface area (Å²) in [4.78, 5) is 28.9. The van der Waals surface area contributed by atoms with Crippen LogP contribution in [0.2, 0.25) is 0 Å². The van der Waals surface area contributed by atoms with E-state index in [1.165, 1.54) is 25.4 Å². The molecule has 1 aromatic rings. The van der Waals surface area contributed by atoms with Crippen LogP contribution in [0.4, 0.5) is 0 Å². The Labute approximate surface area is 149 Å². The molecule has 0 saturated carbocycles. The number of furan rings is 1. The van der Waals surface area contributed by atoms with Gasteiger partial charge in [0.1, 0.15) is 6.26 Å². The fourth-order valence-electron chi connectivity index (χ4n) is 3.88. The number of carbonyl (C=O) groups excluding carboxylic acids is 2. The molecule has 2 aliphatic rings. The number of nitrogens with one attached hydrogen (secondary N) is 1. The molecule has 0 spiro atoms. The van der Waals surface area contributed by atoms with Gasteiger partial charge in [0.05, 0.1) is 11.8 Å². The standard InChI is InChI=1S/C19H29N3O3/c1-15-3-2-8-21(13-15)11-7-20-18(23)16-4-9-22(10-5-16)19(24)17-6-12-25-14-17/h6,12,14-16H,2-5,7-11,13H2,1H3,(H,20,23)/t15-/m0/s1. The minimum atomic E-state index is -0.00757. The number of carbonyl (C=O) groups is 2. The minimum Gasteiger partial charge on any atom is -0.472 e. The van der Waals surface area contributed by atoms with E-state index in [0.29, 0.717) is 18.7 Å². The van der Waals surface area contributed by atoms with Gasteiger partial charge in [-0.25, -0.2) is 0 Å². The summed E-state index contributed by atoms with van der Waals surface area (Å²) < 4.78 is 4.97. The molecule has 0 radical (unpaired) electrons. The molecule has 6 heteroatoms. The average Bonchev–Trinajstić information content (AvgIpc) is 3.16. The monoisotopic (exact) mass is 347 g/mol. The van der Waals surface area contributed by atoms with Crippen molar-refractivity contribution in [1.29, 1.82) is 0 Å². The van der Waals surface area contributed by atoms with Crippen molar-refractivity contribution in [2.24, 2.45) is 11.8 Å². The molecule has 6 nitrogen and oxygen atoms in total. The summed E-state index contributed by atoms with van der Waals surface area (Å²) in [6.07, 6.45) is 7.03. The Kier molecular flexibility index (Phi) is 6.13. The highest BCUT2D eigenvalue weighted by Crippen LogP contribution is 2.19. The van der Waals surface area contributed by atoms with Crippen LogP contribution in [-0.4, -0.2) is 60.9 Å². The molecule has 138 valence electrons. The third-order valence-corrected chi connectivity index (χ3v) is 5.39. The number of likely N-dealkylation sites (tertiary alicyclic amines) is 2. The van der Waals surface area contributed by atoms with E-state index >= 15 is 0 Å². The predicted octanol–water partition coefficient (Wildman–Crippen LogP) is 1.98. The van der Waals surface area contributed by atoms with E-state index in [1.54, 1.807) is 6.07 Å². The largest absolute Gasteiger partial charge is 0.472 e. The van der Waals surface area contributed by atoms with Crippen molar-refractivity contribution < 1.29 is 14.0 Å². The molecule has 0 aliphatic carbocycles. The number of amides is 2. The van der Waals surface area contributed by atoms with Crippen molar-refractivity contribution in [3.05, 3.63) is 24.2 Å². The zero-order chi connectivity index (χ0) is 17.6. The Morgan fingerprint density at radius 3 is 2.72 bits per heavy atom. The first-order valence-electron chi connectivity index (χ1n) is 9.45. The van der Waals surface area contributed by atoms with Gasteiger partial charge in [-0.15, -0.1) is 0 Å². The Bertz CT molecular complexity index is 564. The smallest absolute Gasteiger partial charge is 0.257 e. The highest BCUT2D eigenvalue weighted by Gasteiger charge is 2.28. The number of hydrogen-bond acceptors (Lipinski definition) is 4.